The van der Waals surface area contributed by atoms with Gasteiger partial charge in [0, 0.05) is 10.1 Å². The van der Waals surface area contributed by atoms with Gasteiger partial charge < -0.3 is 24.3 Å². The fourth-order valence-corrected chi connectivity index (χ4v) is 3.91. The molecule has 30 heavy (non-hydrogen) atoms. The summed E-state index contributed by atoms with van der Waals surface area (Å²) in [7, 11) is 4.36. The number of hydrogen-bond acceptors (Lipinski definition) is 7. The Morgan fingerprint density at radius 3 is 2.40 bits per heavy atom. The quantitative estimate of drug-likeness (QED) is 0.546. The lowest BCUT2D eigenvalue weighted by Crippen LogP contribution is -2.14. The van der Waals surface area contributed by atoms with Crippen LogP contribution in [-0.2, 0) is 4.74 Å². The maximum Gasteiger partial charge on any atom is 0.337 e. The molecule has 0 atom stereocenters. The number of carbonyl (C=O) groups is 2. The van der Waals surface area contributed by atoms with E-state index < -0.39 is 5.97 Å². The van der Waals surface area contributed by atoms with Crippen molar-refractivity contribution in [1.82, 2.24) is 0 Å². The molecule has 0 saturated heterocycles. The fourth-order valence-electron chi connectivity index (χ4n) is 2.90. The van der Waals surface area contributed by atoms with E-state index in [1.807, 2.05) is 32.0 Å². The average Bonchev–Trinajstić information content (AvgIpc) is 3.10. The summed E-state index contributed by atoms with van der Waals surface area (Å²) in [5.74, 6) is 0.708. The van der Waals surface area contributed by atoms with Crippen LogP contribution in [0.25, 0.3) is 10.1 Å². The van der Waals surface area contributed by atoms with Crippen molar-refractivity contribution in [3.05, 3.63) is 46.8 Å². The van der Waals surface area contributed by atoms with Crippen molar-refractivity contribution in [1.29, 1.82) is 0 Å². The van der Waals surface area contributed by atoms with Gasteiger partial charge in [-0.15, -0.1) is 11.3 Å². The van der Waals surface area contributed by atoms with Crippen LogP contribution < -0.4 is 19.5 Å². The first kappa shape index (κ1) is 21.4. The molecule has 0 aliphatic rings. The Hall–Kier alpha value is -3.26. The first-order valence-corrected chi connectivity index (χ1v) is 10.0. The van der Waals surface area contributed by atoms with E-state index in [0.717, 1.165) is 10.1 Å². The van der Waals surface area contributed by atoms with Gasteiger partial charge in [0.25, 0.3) is 5.91 Å². The van der Waals surface area contributed by atoms with Crippen LogP contribution in [0.4, 0.5) is 5.69 Å². The highest BCUT2D eigenvalue weighted by Crippen LogP contribution is 2.41. The van der Waals surface area contributed by atoms with E-state index in [1.54, 1.807) is 19.2 Å². The zero-order valence-corrected chi connectivity index (χ0v) is 18.2. The van der Waals surface area contributed by atoms with Crippen LogP contribution in [0.5, 0.6) is 17.2 Å². The summed E-state index contributed by atoms with van der Waals surface area (Å²) in [6.07, 6.45) is -0.116. The highest BCUT2D eigenvalue weighted by atomic mass is 32.1. The molecule has 0 fully saturated rings. The van der Waals surface area contributed by atoms with Crippen LogP contribution in [0, 0.1) is 0 Å². The lowest BCUT2D eigenvalue weighted by Gasteiger charge is -2.13. The average molecular weight is 429 g/mol. The van der Waals surface area contributed by atoms with Crippen LogP contribution in [0.3, 0.4) is 0 Å². The summed E-state index contributed by atoms with van der Waals surface area (Å²) in [5, 5.41) is 3.66. The van der Waals surface area contributed by atoms with Crippen molar-refractivity contribution in [2.45, 2.75) is 20.0 Å². The van der Waals surface area contributed by atoms with Crippen molar-refractivity contribution >= 4 is 39.0 Å². The van der Waals surface area contributed by atoms with Crippen molar-refractivity contribution in [3.63, 3.8) is 0 Å². The largest absolute Gasteiger partial charge is 0.497 e. The van der Waals surface area contributed by atoms with Gasteiger partial charge >= 0.3 is 5.97 Å². The molecule has 3 rings (SSSR count). The number of thiophene rings is 1. The first-order chi connectivity index (χ1) is 14.4. The minimum atomic E-state index is -0.489. The number of anilines is 1. The van der Waals surface area contributed by atoms with E-state index >= 15 is 0 Å². The summed E-state index contributed by atoms with van der Waals surface area (Å²) >= 11 is 1.33. The molecule has 0 bridgehead atoms. The molecule has 158 valence electrons. The molecule has 0 aliphatic heterocycles. The number of fused-ring (bicyclic) bond motifs is 1. The van der Waals surface area contributed by atoms with E-state index in [9.17, 15) is 9.59 Å². The van der Waals surface area contributed by atoms with Gasteiger partial charge in [0.15, 0.2) is 5.75 Å². The molecule has 3 aromatic rings. The Bertz CT molecular complexity index is 1090. The molecule has 8 heteroatoms. The third-order valence-electron chi connectivity index (χ3n) is 4.28. The van der Waals surface area contributed by atoms with Crippen molar-refractivity contribution < 1.29 is 28.5 Å². The lowest BCUT2D eigenvalue weighted by molar-refractivity contribution is 0.0600. The van der Waals surface area contributed by atoms with Gasteiger partial charge in [-0.05, 0) is 50.2 Å². The van der Waals surface area contributed by atoms with Gasteiger partial charge in [-0.3, -0.25) is 4.79 Å². The molecule has 0 radical (unpaired) electrons. The number of benzene rings is 2. The molecule has 0 spiro atoms. The minimum Gasteiger partial charge on any atom is -0.497 e. The molecule has 1 amide bonds. The summed E-state index contributed by atoms with van der Waals surface area (Å²) in [6, 6.07) is 10.3. The number of ether oxygens (including phenoxy) is 4. The summed E-state index contributed by atoms with van der Waals surface area (Å²) < 4.78 is 22.3. The van der Waals surface area contributed by atoms with Crippen molar-refractivity contribution in [2.75, 3.05) is 26.6 Å². The highest BCUT2D eigenvalue weighted by molar-refractivity contribution is 7.21. The van der Waals surface area contributed by atoms with Gasteiger partial charge in [-0.2, -0.15) is 0 Å². The van der Waals surface area contributed by atoms with Crippen molar-refractivity contribution in [3.8, 4) is 17.2 Å². The summed E-state index contributed by atoms with van der Waals surface area (Å²) in [6.45, 7) is 3.81. The van der Waals surface area contributed by atoms with E-state index in [-0.39, 0.29) is 12.0 Å². The molecule has 1 heterocycles. The number of methoxy groups -OCH3 is 3. The second kappa shape index (κ2) is 9.04. The third kappa shape index (κ3) is 4.33. The Labute approximate surface area is 178 Å². The van der Waals surface area contributed by atoms with Crippen LogP contribution >= 0.6 is 11.3 Å². The van der Waals surface area contributed by atoms with E-state index in [0.29, 0.717) is 33.4 Å². The number of nitrogens with one attached hydrogen (secondary N) is 1. The zero-order chi connectivity index (χ0) is 21.8. The second-order valence-electron chi connectivity index (χ2n) is 6.65. The maximum atomic E-state index is 13.1. The van der Waals surface area contributed by atoms with Gasteiger partial charge in [0.1, 0.15) is 16.4 Å². The normalized spacial score (nSPS) is 10.7. The Morgan fingerprint density at radius 2 is 1.77 bits per heavy atom. The Kier molecular flexibility index (Phi) is 6.47. The topological polar surface area (TPSA) is 83.1 Å². The summed E-state index contributed by atoms with van der Waals surface area (Å²) in [5.41, 5.74) is 0.755. The lowest BCUT2D eigenvalue weighted by atomic mass is 10.2. The monoisotopic (exact) mass is 429 g/mol. The van der Waals surface area contributed by atoms with Crippen LogP contribution in [0.2, 0.25) is 0 Å². The number of rotatable bonds is 7. The fraction of sp³-hybridized carbons (Fsp3) is 0.273. The van der Waals surface area contributed by atoms with Crippen LogP contribution in [0.15, 0.2) is 36.4 Å². The van der Waals surface area contributed by atoms with Crippen LogP contribution in [0.1, 0.15) is 33.9 Å². The molecular formula is C22H23NO6S. The van der Waals surface area contributed by atoms with E-state index in [2.05, 4.69) is 5.32 Å². The van der Waals surface area contributed by atoms with Gasteiger partial charge in [-0.1, -0.05) is 0 Å². The molecule has 0 aliphatic carbocycles. The van der Waals surface area contributed by atoms with Gasteiger partial charge in [0.05, 0.1) is 38.7 Å². The van der Waals surface area contributed by atoms with Crippen molar-refractivity contribution in [2.24, 2.45) is 0 Å². The second-order valence-corrected chi connectivity index (χ2v) is 7.70. The maximum absolute atomic E-state index is 13.1. The predicted octanol–water partition coefficient (Wildman–Crippen LogP) is 4.74. The Morgan fingerprint density at radius 1 is 1.00 bits per heavy atom. The SMILES string of the molecule is COC(=O)c1ccc(NC(=O)c2sc3ccc(OC)cc3c2OC(C)C)c(OC)c1. The zero-order valence-electron chi connectivity index (χ0n) is 17.4. The number of hydrogen-bond donors (Lipinski definition) is 1. The predicted molar refractivity (Wildman–Crippen MR) is 116 cm³/mol. The van der Waals surface area contributed by atoms with E-state index in [1.165, 1.54) is 31.6 Å². The first-order valence-electron chi connectivity index (χ1n) is 9.22. The number of esters is 1. The number of carbonyl (C=O) groups excluding carboxylic acids is 2. The smallest absolute Gasteiger partial charge is 0.337 e. The van der Waals surface area contributed by atoms with E-state index in [4.69, 9.17) is 18.9 Å². The molecule has 7 nitrogen and oxygen atoms in total. The molecule has 0 unspecified atom stereocenters. The molecule has 1 N–H and O–H groups in total. The standard InChI is InChI=1S/C22H23NO6S/c1-12(2)29-19-15-11-14(26-3)7-9-18(15)30-20(19)21(24)23-16-8-6-13(22(25)28-5)10-17(16)27-4/h6-12H,1-5H3,(H,23,24). The molecule has 2 aromatic carbocycles. The number of amides is 1. The minimum absolute atomic E-state index is 0.116. The molecule has 1 aromatic heterocycles. The van der Waals surface area contributed by atoms with Crippen LogP contribution in [-0.4, -0.2) is 39.3 Å². The highest BCUT2D eigenvalue weighted by Gasteiger charge is 2.23. The third-order valence-corrected chi connectivity index (χ3v) is 5.43. The van der Waals surface area contributed by atoms with Gasteiger partial charge in [0.2, 0.25) is 0 Å². The van der Waals surface area contributed by atoms with Gasteiger partial charge in [-0.25, -0.2) is 4.79 Å². The Balaban J connectivity index is 1.99. The summed E-state index contributed by atoms with van der Waals surface area (Å²) in [4.78, 5) is 25.3. The molecular weight excluding hydrogens is 406 g/mol. The molecule has 0 saturated carbocycles.